The van der Waals surface area contributed by atoms with E-state index in [2.05, 4.69) is 86.8 Å². The lowest BCUT2D eigenvalue weighted by Gasteiger charge is -2.41. The molecule has 0 bridgehead atoms. The number of aliphatic hydroxyl groups is 5. The van der Waals surface area contributed by atoms with Gasteiger partial charge in [-0.3, -0.25) is 9.59 Å². The molecule has 83 heavy (non-hydrogen) atoms. The van der Waals surface area contributed by atoms with Gasteiger partial charge in [0.05, 0.1) is 25.4 Å². The van der Waals surface area contributed by atoms with Crippen LogP contribution >= 0.6 is 0 Å². The molecule has 1 heterocycles. The van der Waals surface area contributed by atoms with Crippen LogP contribution in [0.15, 0.2) is 72.9 Å². The fraction of sp³-hybridized carbons (Fsp3) is 0.806. The molecule has 482 valence electrons. The van der Waals surface area contributed by atoms with Gasteiger partial charge >= 0.3 is 5.97 Å². The van der Waals surface area contributed by atoms with Crippen molar-refractivity contribution in [2.24, 2.45) is 0 Å². The number of aliphatic hydroxyl groups excluding tert-OH is 5. The van der Waals surface area contributed by atoms with Gasteiger partial charge in [-0.15, -0.1) is 0 Å². The average molecular weight is 1170 g/mol. The molecule has 0 spiro atoms. The molecule has 8 atom stereocenters. The first-order chi connectivity index (χ1) is 40.7. The molecular formula is C72H129NO10. The van der Waals surface area contributed by atoms with Crippen molar-refractivity contribution in [3.63, 3.8) is 0 Å². The Labute approximate surface area is 509 Å². The Bertz CT molecular complexity index is 1630. The number of nitrogens with one attached hydrogen (secondary N) is 1. The highest BCUT2D eigenvalue weighted by molar-refractivity contribution is 5.80. The summed E-state index contributed by atoms with van der Waals surface area (Å²) in [5.74, 6) is -1.22. The highest BCUT2D eigenvalue weighted by Crippen LogP contribution is 2.26. The quantitative estimate of drug-likeness (QED) is 0.0195. The topological polar surface area (TPSA) is 175 Å². The number of allylic oxidation sites excluding steroid dienone is 11. The summed E-state index contributed by atoms with van der Waals surface area (Å²) in [5, 5.41) is 57.1. The molecule has 1 saturated heterocycles. The Kier molecular flexibility index (Phi) is 55.9. The third-order valence-corrected chi connectivity index (χ3v) is 16.1. The van der Waals surface area contributed by atoms with Gasteiger partial charge < -0.3 is 45.1 Å². The van der Waals surface area contributed by atoms with Crippen molar-refractivity contribution in [2.75, 3.05) is 13.2 Å². The monoisotopic (exact) mass is 1170 g/mol. The van der Waals surface area contributed by atoms with Gasteiger partial charge in [0.2, 0.25) is 5.91 Å². The van der Waals surface area contributed by atoms with Crippen molar-refractivity contribution in [1.82, 2.24) is 5.32 Å². The van der Waals surface area contributed by atoms with Crippen molar-refractivity contribution in [1.29, 1.82) is 0 Å². The van der Waals surface area contributed by atoms with E-state index in [1.807, 2.05) is 6.08 Å². The van der Waals surface area contributed by atoms with Crippen LogP contribution < -0.4 is 5.32 Å². The first kappa shape index (κ1) is 78.1. The van der Waals surface area contributed by atoms with Crippen LogP contribution in [-0.2, 0) is 23.8 Å². The van der Waals surface area contributed by atoms with Crippen LogP contribution in [0.5, 0.6) is 0 Å². The van der Waals surface area contributed by atoms with Crippen molar-refractivity contribution >= 4 is 11.9 Å². The Morgan fingerprint density at radius 1 is 0.470 bits per heavy atom. The second-order valence-corrected chi connectivity index (χ2v) is 23.9. The van der Waals surface area contributed by atoms with Gasteiger partial charge in [-0.05, 0) is 96.3 Å². The van der Waals surface area contributed by atoms with E-state index in [1.54, 1.807) is 6.08 Å². The van der Waals surface area contributed by atoms with E-state index in [-0.39, 0.29) is 19.4 Å². The summed E-state index contributed by atoms with van der Waals surface area (Å²) in [7, 11) is 0. The minimum absolute atomic E-state index is 0.0848. The van der Waals surface area contributed by atoms with Crippen molar-refractivity contribution in [2.45, 2.75) is 359 Å². The molecule has 0 aliphatic carbocycles. The summed E-state index contributed by atoms with van der Waals surface area (Å²) in [5.41, 5.74) is 0. The van der Waals surface area contributed by atoms with Crippen LogP contribution in [0.25, 0.3) is 0 Å². The lowest BCUT2D eigenvalue weighted by molar-refractivity contribution is -0.305. The van der Waals surface area contributed by atoms with Crippen LogP contribution in [0.4, 0.5) is 0 Å². The Hall–Kier alpha value is -2.90. The van der Waals surface area contributed by atoms with Gasteiger partial charge in [0.25, 0.3) is 0 Å². The van der Waals surface area contributed by atoms with Crippen LogP contribution in [0, 0.1) is 0 Å². The minimum atomic E-state index is -1.63. The number of unbranched alkanes of at least 4 members (excludes halogenated alkanes) is 35. The number of carbonyl (C=O) groups excluding carboxylic acids is 2. The SMILES string of the molecule is CCCCC/C=C\C/C=C\C/C=C\C/C=C\CCCCCC(=O)OC1C(OCC(NC(=O)C(O)CCCCCCCCCCCCCCCC/C=C/CCCCCCCC)C(O)/C=C/CCCCCCCCCCC)OC(CO)C(O)C1O. The summed E-state index contributed by atoms with van der Waals surface area (Å²) in [6.07, 6.45) is 66.6. The first-order valence-electron chi connectivity index (χ1n) is 34.7. The molecule has 1 aliphatic rings. The maximum atomic E-state index is 13.5. The number of esters is 1. The van der Waals surface area contributed by atoms with E-state index in [4.69, 9.17) is 14.2 Å². The van der Waals surface area contributed by atoms with E-state index < -0.39 is 67.4 Å². The third kappa shape index (κ3) is 46.9. The maximum Gasteiger partial charge on any atom is 0.306 e. The molecule has 1 aliphatic heterocycles. The summed E-state index contributed by atoms with van der Waals surface area (Å²) in [6.45, 7) is 5.76. The highest BCUT2D eigenvalue weighted by atomic mass is 16.7. The Balaban J connectivity index is 2.59. The number of ether oxygens (including phenoxy) is 3. The Morgan fingerprint density at radius 2 is 0.831 bits per heavy atom. The van der Waals surface area contributed by atoms with Gasteiger partial charge in [0.15, 0.2) is 12.4 Å². The zero-order chi connectivity index (χ0) is 60.3. The molecule has 6 N–H and O–H groups in total. The molecule has 1 amide bonds. The fourth-order valence-electron chi connectivity index (χ4n) is 10.6. The third-order valence-electron chi connectivity index (χ3n) is 16.1. The lowest BCUT2D eigenvalue weighted by atomic mass is 9.99. The van der Waals surface area contributed by atoms with Crippen LogP contribution in [-0.4, -0.2) is 99.6 Å². The Morgan fingerprint density at radius 3 is 1.28 bits per heavy atom. The molecular weight excluding hydrogens is 1040 g/mol. The molecule has 11 nitrogen and oxygen atoms in total. The van der Waals surface area contributed by atoms with E-state index >= 15 is 0 Å². The zero-order valence-corrected chi connectivity index (χ0v) is 53.6. The summed E-state index contributed by atoms with van der Waals surface area (Å²) in [6, 6.07) is -1.03. The second kappa shape index (κ2) is 59.4. The number of carbonyl (C=O) groups is 2. The van der Waals surface area contributed by atoms with E-state index in [1.165, 1.54) is 186 Å². The minimum Gasteiger partial charge on any atom is -0.454 e. The molecule has 0 aromatic carbocycles. The number of amides is 1. The molecule has 0 saturated carbocycles. The van der Waals surface area contributed by atoms with Crippen molar-refractivity contribution in [3.05, 3.63) is 72.9 Å². The summed E-state index contributed by atoms with van der Waals surface area (Å²) in [4.78, 5) is 26.6. The molecule has 11 heteroatoms. The largest absolute Gasteiger partial charge is 0.454 e. The summed E-state index contributed by atoms with van der Waals surface area (Å²) >= 11 is 0. The van der Waals surface area contributed by atoms with E-state index in [9.17, 15) is 35.1 Å². The van der Waals surface area contributed by atoms with Crippen LogP contribution in [0.3, 0.4) is 0 Å². The van der Waals surface area contributed by atoms with Crippen LogP contribution in [0.2, 0.25) is 0 Å². The fourth-order valence-corrected chi connectivity index (χ4v) is 10.6. The standard InChI is InChI=1S/C72H129NO10/c1-4-7-10-13-16-19-22-24-26-28-30-31-32-33-34-36-37-39-41-44-47-50-53-56-59-65(76)71(80)73-63(64(75)58-55-52-49-46-43-21-18-15-12-9-6-3)62-81-72-70(69(79)68(78)66(61-74)82-72)83-67(77)60-57-54-51-48-45-42-40-38-35-29-27-25-23-20-17-14-11-8-5-2/h17,20,24-27,35,38,42,45,55,58,63-66,68-70,72,74-76,78-79H,4-16,18-19,21-23,28-34,36-37,39-41,43-44,46-54,56-57,59-62H2,1-3H3,(H,73,80)/b20-17-,26-24+,27-25-,38-35-,45-42-,58-55+. The predicted octanol–water partition coefficient (Wildman–Crippen LogP) is 17.5. The van der Waals surface area contributed by atoms with Crippen molar-refractivity contribution < 1.29 is 49.3 Å². The highest BCUT2D eigenvalue weighted by Gasteiger charge is 2.47. The molecule has 8 unspecified atom stereocenters. The van der Waals surface area contributed by atoms with Crippen molar-refractivity contribution in [3.8, 4) is 0 Å². The zero-order valence-electron chi connectivity index (χ0n) is 53.6. The van der Waals surface area contributed by atoms with Crippen LogP contribution in [0.1, 0.15) is 310 Å². The van der Waals surface area contributed by atoms with Gasteiger partial charge in [-0.2, -0.15) is 0 Å². The lowest BCUT2D eigenvalue weighted by Crippen LogP contribution is -2.61. The van der Waals surface area contributed by atoms with Gasteiger partial charge in [-0.1, -0.05) is 280 Å². The molecule has 0 aromatic heterocycles. The molecule has 1 fully saturated rings. The van der Waals surface area contributed by atoms with Gasteiger partial charge in [-0.25, -0.2) is 0 Å². The predicted molar refractivity (Wildman–Crippen MR) is 347 cm³/mol. The van der Waals surface area contributed by atoms with E-state index in [0.29, 0.717) is 12.8 Å². The maximum absolute atomic E-state index is 13.5. The smallest absolute Gasteiger partial charge is 0.306 e. The number of hydrogen-bond donors (Lipinski definition) is 6. The first-order valence-corrected chi connectivity index (χ1v) is 34.7. The molecule has 1 rings (SSSR count). The number of hydrogen-bond acceptors (Lipinski definition) is 10. The van der Waals surface area contributed by atoms with Gasteiger partial charge in [0, 0.05) is 6.42 Å². The second-order valence-electron chi connectivity index (χ2n) is 23.9. The molecule has 0 radical (unpaired) electrons. The normalized spacial score (nSPS) is 19.0. The van der Waals surface area contributed by atoms with Gasteiger partial charge in [0.1, 0.15) is 24.4 Å². The number of rotatable bonds is 59. The van der Waals surface area contributed by atoms with E-state index in [0.717, 1.165) is 77.0 Å². The molecule has 0 aromatic rings. The summed E-state index contributed by atoms with van der Waals surface area (Å²) < 4.78 is 17.6. The average Bonchev–Trinajstić information content (AvgIpc) is 3.69.